The minimum atomic E-state index is -3.84. The van der Waals surface area contributed by atoms with Gasteiger partial charge in [-0.2, -0.15) is 5.10 Å². The molecule has 0 atom stereocenters. The van der Waals surface area contributed by atoms with Gasteiger partial charge in [-0.1, -0.05) is 0 Å². The molecular weight excluding hydrogens is 321 g/mol. The smallest absolute Gasteiger partial charge is 0.267 e. The SMILES string of the molecule is CCn1cc(S(=O)(=O)N(c2ccc(OC)c(F)c2)C(C)C)cn1. The number of nitrogens with zero attached hydrogens (tertiary/aromatic N) is 3. The molecule has 0 aliphatic rings. The summed E-state index contributed by atoms with van der Waals surface area (Å²) in [5, 5.41) is 4.00. The molecule has 0 bridgehead atoms. The zero-order chi connectivity index (χ0) is 17.2. The van der Waals surface area contributed by atoms with Gasteiger partial charge in [0.05, 0.1) is 19.0 Å². The van der Waals surface area contributed by atoms with Crippen molar-refractivity contribution >= 4 is 15.7 Å². The van der Waals surface area contributed by atoms with Crippen LogP contribution in [-0.4, -0.2) is 31.3 Å². The van der Waals surface area contributed by atoms with Crippen LogP contribution in [0.3, 0.4) is 0 Å². The maximum atomic E-state index is 14.0. The van der Waals surface area contributed by atoms with Crippen LogP contribution in [0.4, 0.5) is 10.1 Å². The number of hydrogen-bond acceptors (Lipinski definition) is 4. The van der Waals surface area contributed by atoms with Crippen molar-refractivity contribution in [2.75, 3.05) is 11.4 Å². The highest BCUT2D eigenvalue weighted by Crippen LogP contribution is 2.29. The summed E-state index contributed by atoms with van der Waals surface area (Å²) in [4.78, 5) is 0.0734. The van der Waals surface area contributed by atoms with Crippen LogP contribution in [0.2, 0.25) is 0 Å². The zero-order valence-electron chi connectivity index (χ0n) is 13.5. The highest BCUT2D eigenvalue weighted by molar-refractivity contribution is 7.92. The minimum Gasteiger partial charge on any atom is -0.494 e. The summed E-state index contributed by atoms with van der Waals surface area (Å²) in [5.74, 6) is -0.552. The van der Waals surface area contributed by atoms with Crippen molar-refractivity contribution in [1.82, 2.24) is 9.78 Å². The first kappa shape index (κ1) is 17.3. The number of rotatable bonds is 6. The van der Waals surface area contributed by atoms with E-state index in [0.717, 1.165) is 6.07 Å². The third-order valence-electron chi connectivity index (χ3n) is 3.35. The standard InChI is InChI=1S/C15H20FN3O3S/c1-5-18-10-13(9-17-18)23(20,21)19(11(2)3)12-6-7-15(22-4)14(16)8-12/h6-11H,5H2,1-4H3. The molecule has 0 saturated heterocycles. The fraction of sp³-hybridized carbons (Fsp3) is 0.400. The van der Waals surface area contributed by atoms with Crippen molar-refractivity contribution in [3.05, 3.63) is 36.4 Å². The molecule has 6 nitrogen and oxygen atoms in total. The zero-order valence-corrected chi connectivity index (χ0v) is 14.3. The second-order valence-corrected chi connectivity index (χ2v) is 7.06. The lowest BCUT2D eigenvalue weighted by molar-refractivity contribution is 0.386. The third-order valence-corrected chi connectivity index (χ3v) is 5.31. The average Bonchev–Trinajstić information content (AvgIpc) is 2.96. The first-order valence-electron chi connectivity index (χ1n) is 7.21. The topological polar surface area (TPSA) is 64.4 Å². The van der Waals surface area contributed by atoms with Gasteiger partial charge in [0.15, 0.2) is 11.6 Å². The van der Waals surface area contributed by atoms with E-state index in [0.29, 0.717) is 6.54 Å². The van der Waals surface area contributed by atoms with Crippen molar-refractivity contribution in [2.45, 2.75) is 38.3 Å². The number of ether oxygens (including phenoxy) is 1. The molecule has 0 saturated carbocycles. The monoisotopic (exact) mass is 341 g/mol. The van der Waals surface area contributed by atoms with Crippen LogP contribution >= 0.6 is 0 Å². The fourth-order valence-electron chi connectivity index (χ4n) is 2.27. The maximum Gasteiger partial charge on any atom is 0.267 e. The Balaban J connectivity index is 2.51. The van der Waals surface area contributed by atoms with Gasteiger partial charge < -0.3 is 4.74 Å². The van der Waals surface area contributed by atoms with E-state index in [1.807, 2.05) is 6.92 Å². The van der Waals surface area contributed by atoms with Crippen molar-refractivity contribution in [3.63, 3.8) is 0 Å². The van der Waals surface area contributed by atoms with E-state index in [2.05, 4.69) is 5.10 Å². The van der Waals surface area contributed by atoms with Crippen molar-refractivity contribution < 1.29 is 17.5 Å². The van der Waals surface area contributed by atoms with E-state index >= 15 is 0 Å². The van der Waals surface area contributed by atoms with Gasteiger partial charge in [-0.3, -0.25) is 8.99 Å². The second-order valence-electron chi connectivity index (χ2n) is 5.25. The van der Waals surface area contributed by atoms with Gasteiger partial charge in [0.1, 0.15) is 4.90 Å². The van der Waals surface area contributed by atoms with E-state index in [9.17, 15) is 12.8 Å². The Morgan fingerprint density at radius 2 is 2.09 bits per heavy atom. The molecule has 0 amide bonds. The van der Waals surface area contributed by atoms with Gasteiger partial charge in [-0.25, -0.2) is 12.8 Å². The first-order valence-corrected chi connectivity index (χ1v) is 8.65. The number of anilines is 1. The van der Waals surface area contributed by atoms with Gasteiger partial charge in [0.25, 0.3) is 10.0 Å². The van der Waals surface area contributed by atoms with Gasteiger partial charge in [-0.05, 0) is 32.9 Å². The summed E-state index contributed by atoms with van der Waals surface area (Å²) < 4.78 is 47.3. The minimum absolute atomic E-state index is 0.0636. The van der Waals surface area contributed by atoms with E-state index < -0.39 is 21.9 Å². The summed E-state index contributed by atoms with van der Waals surface area (Å²) in [6.07, 6.45) is 2.76. The molecule has 0 unspecified atom stereocenters. The van der Waals surface area contributed by atoms with Gasteiger partial charge >= 0.3 is 0 Å². The molecule has 2 aromatic rings. The Morgan fingerprint density at radius 3 is 2.57 bits per heavy atom. The molecular formula is C15H20FN3O3S. The van der Waals surface area contributed by atoms with Crippen LogP contribution in [0.5, 0.6) is 5.75 Å². The summed E-state index contributed by atoms with van der Waals surface area (Å²) in [5.41, 5.74) is 0.238. The van der Waals surface area contributed by atoms with E-state index in [4.69, 9.17) is 4.74 Å². The summed E-state index contributed by atoms with van der Waals surface area (Å²) >= 11 is 0. The van der Waals surface area contributed by atoms with E-state index in [-0.39, 0.29) is 16.3 Å². The Bertz CT molecular complexity index is 787. The molecule has 1 aromatic heterocycles. The molecule has 126 valence electrons. The van der Waals surface area contributed by atoms with Crippen LogP contribution in [0, 0.1) is 5.82 Å². The predicted molar refractivity (Wildman–Crippen MR) is 85.7 cm³/mol. The first-order chi connectivity index (χ1) is 10.8. The molecule has 0 aliphatic heterocycles. The summed E-state index contributed by atoms with van der Waals surface area (Å²) in [7, 11) is -2.48. The molecule has 0 radical (unpaired) electrons. The maximum absolute atomic E-state index is 14.0. The molecule has 0 spiro atoms. The molecule has 1 heterocycles. The lowest BCUT2D eigenvalue weighted by Gasteiger charge is -2.27. The van der Waals surface area contributed by atoms with Crippen molar-refractivity contribution in [2.24, 2.45) is 0 Å². The predicted octanol–water partition coefficient (Wildman–Crippen LogP) is 2.65. The normalized spacial score (nSPS) is 11.7. The second kappa shape index (κ2) is 6.57. The van der Waals surface area contributed by atoms with Gasteiger partial charge in [-0.15, -0.1) is 0 Å². The van der Waals surface area contributed by atoms with Crippen LogP contribution < -0.4 is 9.04 Å². The number of halogens is 1. The third kappa shape index (κ3) is 3.31. The molecule has 0 fully saturated rings. The number of hydrogen-bond donors (Lipinski definition) is 0. The molecule has 1 aromatic carbocycles. The Kier molecular flexibility index (Phi) is 4.93. The lowest BCUT2D eigenvalue weighted by Crippen LogP contribution is -2.37. The van der Waals surface area contributed by atoms with Crippen LogP contribution in [0.15, 0.2) is 35.5 Å². The highest BCUT2D eigenvalue weighted by Gasteiger charge is 2.29. The Morgan fingerprint density at radius 1 is 1.39 bits per heavy atom. The number of benzene rings is 1. The van der Waals surface area contributed by atoms with Crippen LogP contribution in [0.1, 0.15) is 20.8 Å². The number of aryl methyl sites for hydroxylation is 1. The molecule has 2 rings (SSSR count). The molecule has 23 heavy (non-hydrogen) atoms. The van der Waals surface area contributed by atoms with Gasteiger partial charge in [0.2, 0.25) is 0 Å². The molecule has 8 heteroatoms. The molecule has 0 N–H and O–H groups in total. The average molecular weight is 341 g/mol. The van der Waals surface area contributed by atoms with Crippen molar-refractivity contribution in [3.8, 4) is 5.75 Å². The Hall–Kier alpha value is -2.09. The fourth-order valence-corrected chi connectivity index (χ4v) is 3.88. The van der Waals surface area contributed by atoms with E-state index in [1.54, 1.807) is 13.8 Å². The number of sulfonamides is 1. The van der Waals surface area contributed by atoms with Crippen LogP contribution in [0.25, 0.3) is 0 Å². The number of aromatic nitrogens is 2. The number of methoxy groups -OCH3 is 1. The lowest BCUT2D eigenvalue weighted by atomic mass is 10.2. The van der Waals surface area contributed by atoms with E-state index in [1.165, 1.54) is 40.6 Å². The largest absolute Gasteiger partial charge is 0.494 e. The van der Waals surface area contributed by atoms with Crippen LogP contribution in [-0.2, 0) is 16.6 Å². The quantitative estimate of drug-likeness (QED) is 0.810. The highest BCUT2D eigenvalue weighted by atomic mass is 32.2. The summed E-state index contributed by atoms with van der Waals surface area (Å²) in [6.45, 7) is 5.88. The van der Waals surface area contributed by atoms with Crippen molar-refractivity contribution in [1.29, 1.82) is 0 Å². The van der Waals surface area contributed by atoms with Gasteiger partial charge in [0, 0.05) is 24.8 Å². The Labute approximate surface area is 135 Å². The molecule has 0 aliphatic carbocycles. The summed E-state index contributed by atoms with van der Waals surface area (Å²) in [6, 6.07) is 3.69.